The van der Waals surface area contributed by atoms with Crippen LogP contribution in [0.1, 0.15) is 33.1 Å². The molecule has 0 spiro atoms. The Morgan fingerprint density at radius 1 is 1.35 bits per heavy atom. The van der Waals surface area contributed by atoms with E-state index >= 15 is 0 Å². The van der Waals surface area contributed by atoms with Crippen LogP contribution in [0.4, 0.5) is 5.95 Å². The van der Waals surface area contributed by atoms with Gasteiger partial charge in [0.25, 0.3) is 0 Å². The summed E-state index contributed by atoms with van der Waals surface area (Å²) in [7, 11) is 0. The van der Waals surface area contributed by atoms with Crippen molar-refractivity contribution in [2.24, 2.45) is 0 Å². The molecule has 1 saturated heterocycles. The Hall–Kier alpha value is -1.10. The number of rotatable bonds is 3. The van der Waals surface area contributed by atoms with Crippen LogP contribution in [0, 0.1) is 0 Å². The first-order valence-electron chi connectivity index (χ1n) is 6.01. The largest absolute Gasteiger partial charge is 0.464 e. The molecule has 2 rings (SSSR count). The normalized spacial score (nSPS) is 20.4. The van der Waals surface area contributed by atoms with Crippen LogP contribution < -0.4 is 9.64 Å². The van der Waals surface area contributed by atoms with Crippen LogP contribution in [-0.4, -0.2) is 34.1 Å². The van der Waals surface area contributed by atoms with Gasteiger partial charge in [0.15, 0.2) is 0 Å². The Morgan fingerprint density at radius 3 is 2.88 bits per heavy atom. The van der Waals surface area contributed by atoms with Gasteiger partial charge in [0.1, 0.15) is 0 Å². The summed E-state index contributed by atoms with van der Waals surface area (Å²) in [6.45, 7) is 5.56. The first-order valence-corrected chi connectivity index (χ1v) is 6.39. The predicted octanol–water partition coefficient (Wildman–Crippen LogP) is 2.30. The number of ether oxygens (including phenoxy) is 1. The fourth-order valence-electron chi connectivity index (χ4n) is 2.04. The van der Waals surface area contributed by atoms with E-state index < -0.39 is 0 Å². The Kier molecular flexibility index (Phi) is 3.99. The van der Waals surface area contributed by atoms with E-state index in [4.69, 9.17) is 16.3 Å². The number of nitrogens with zero attached hydrogens (tertiary/aromatic N) is 4. The molecule has 1 aromatic rings. The SMILES string of the molecule is CCOc1nc(Cl)nc(N2CCCC[C@@H]2C)n1. The Labute approximate surface area is 106 Å². The molecule has 0 aromatic carbocycles. The first-order chi connectivity index (χ1) is 8.20. The maximum Gasteiger partial charge on any atom is 0.322 e. The van der Waals surface area contributed by atoms with Gasteiger partial charge in [-0.1, -0.05) is 0 Å². The van der Waals surface area contributed by atoms with E-state index in [-0.39, 0.29) is 5.28 Å². The van der Waals surface area contributed by atoms with Crippen LogP contribution in [0.3, 0.4) is 0 Å². The van der Waals surface area contributed by atoms with Crippen molar-refractivity contribution in [1.29, 1.82) is 0 Å². The van der Waals surface area contributed by atoms with Crippen LogP contribution in [0.5, 0.6) is 6.01 Å². The minimum Gasteiger partial charge on any atom is -0.464 e. The van der Waals surface area contributed by atoms with Crippen molar-refractivity contribution in [3.63, 3.8) is 0 Å². The molecule has 0 unspecified atom stereocenters. The average molecular weight is 257 g/mol. The van der Waals surface area contributed by atoms with Gasteiger partial charge >= 0.3 is 6.01 Å². The van der Waals surface area contributed by atoms with Gasteiger partial charge in [0, 0.05) is 12.6 Å². The predicted molar refractivity (Wildman–Crippen MR) is 66.7 cm³/mol. The fourth-order valence-corrected chi connectivity index (χ4v) is 2.19. The second-order valence-electron chi connectivity index (χ2n) is 4.16. The number of hydrogen-bond acceptors (Lipinski definition) is 5. The number of hydrogen-bond donors (Lipinski definition) is 0. The third kappa shape index (κ3) is 2.97. The molecule has 0 saturated carbocycles. The van der Waals surface area contributed by atoms with E-state index in [2.05, 4.69) is 26.8 Å². The molecule has 17 heavy (non-hydrogen) atoms. The summed E-state index contributed by atoms with van der Waals surface area (Å²) in [5, 5.41) is 0.191. The monoisotopic (exact) mass is 256 g/mol. The number of halogens is 1. The summed E-state index contributed by atoms with van der Waals surface area (Å²) in [6.07, 6.45) is 3.58. The van der Waals surface area contributed by atoms with Gasteiger partial charge in [-0.2, -0.15) is 15.0 Å². The van der Waals surface area contributed by atoms with Crippen molar-refractivity contribution < 1.29 is 4.74 Å². The maximum atomic E-state index is 5.88. The van der Waals surface area contributed by atoms with Gasteiger partial charge in [-0.3, -0.25) is 0 Å². The van der Waals surface area contributed by atoms with Crippen molar-refractivity contribution in [3.8, 4) is 6.01 Å². The van der Waals surface area contributed by atoms with Gasteiger partial charge in [-0.15, -0.1) is 0 Å². The van der Waals surface area contributed by atoms with Crippen molar-refractivity contribution >= 4 is 17.5 Å². The van der Waals surface area contributed by atoms with Gasteiger partial charge in [0.05, 0.1) is 6.61 Å². The summed E-state index contributed by atoms with van der Waals surface area (Å²) in [4.78, 5) is 14.6. The summed E-state index contributed by atoms with van der Waals surface area (Å²) in [5.74, 6) is 0.626. The molecule has 2 heterocycles. The molecule has 0 amide bonds. The topological polar surface area (TPSA) is 51.1 Å². The zero-order valence-electron chi connectivity index (χ0n) is 10.2. The van der Waals surface area contributed by atoms with Gasteiger partial charge < -0.3 is 9.64 Å². The molecule has 0 radical (unpaired) electrons. The summed E-state index contributed by atoms with van der Waals surface area (Å²) in [6, 6.07) is 0.747. The Balaban J connectivity index is 2.24. The molecule has 1 atom stereocenters. The van der Waals surface area contributed by atoms with Crippen molar-refractivity contribution in [3.05, 3.63) is 5.28 Å². The zero-order chi connectivity index (χ0) is 12.3. The highest BCUT2D eigenvalue weighted by atomic mass is 35.5. The minimum absolute atomic E-state index is 0.191. The van der Waals surface area contributed by atoms with Gasteiger partial charge in [-0.25, -0.2) is 0 Å². The van der Waals surface area contributed by atoms with Crippen LogP contribution in [0.15, 0.2) is 0 Å². The average Bonchev–Trinajstić information content (AvgIpc) is 2.29. The second kappa shape index (κ2) is 5.49. The fraction of sp³-hybridized carbons (Fsp3) is 0.727. The van der Waals surface area contributed by atoms with E-state index in [1.165, 1.54) is 6.42 Å². The van der Waals surface area contributed by atoms with E-state index in [0.29, 0.717) is 24.6 Å². The van der Waals surface area contributed by atoms with Crippen LogP contribution in [0.25, 0.3) is 0 Å². The standard InChI is InChI=1S/C11H17ClN4O/c1-3-17-11-14-9(12)13-10(15-11)16-7-5-4-6-8(16)2/h8H,3-7H2,1-2H3/t8-/m0/s1. The molecule has 1 aliphatic rings. The van der Waals surface area contributed by atoms with E-state index in [1.807, 2.05) is 6.92 Å². The zero-order valence-corrected chi connectivity index (χ0v) is 10.9. The van der Waals surface area contributed by atoms with E-state index in [1.54, 1.807) is 0 Å². The van der Waals surface area contributed by atoms with Crippen LogP contribution in [-0.2, 0) is 0 Å². The third-order valence-corrected chi connectivity index (χ3v) is 3.08. The van der Waals surface area contributed by atoms with Gasteiger partial charge in [-0.05, 0) is 44.7 Å². The summed E-state index contributed by atoms with van der Waals surface area (Å²) < 4.78 is 5.28. The van der Waals surface area contributed by atoms with Crippen molar-refractivity contribution in [1.82, 2.24) is 15.0 Å². The smallest absolute Gasteiger partial charge is 0.322 e. The summed E-state index contributed by atoms with van der Waals surface area (Å²) in [5.41, 5.74) is 0. The molecule has 94 valence electrons. The molecular weight excluding hydrogens is 240 g/mol. The molecule has 6 heteroatoms. The van der Waals surface area contributed by atoms with Crippen molar-refractivity contribution in [2.45, 2.75) is 39.2 Å². The molecule has 1 fully saturated rings. The molecule has 0 aliphatic carbocycles. The van der Waals surface area contributed by atoms with Crippen LogP contribution in [0.2, 0.25) is 5.28 Å². The van der Waals surface area contributed by atoms with Crippen LogP contribution >= 0.6 is 11.6 Å². The van der Waals surface area contributed by atoms with Gasteiger partial charge in [0.2, 0.25) is 11.2 Å². The first kappa shape index (κ1) is 12.4. The lowest BCUT2D eigenvalue weighted by Gasteiger charge is -2.33. The Bertz CT molecular complexity index is 388. The van der Waals surface area contributed by atoms with E-state index in [9.17, 15) is 0 Å². The molecular formula is C11H17ClN4O. The summed E-state index contributed by atoms with van der Waals surface area (Å²) >= 11 is 5.88. The lowest BCUT2D eigenvalue weighted by atomic mass is 10.0. The third-order valence-electron chi connectivity index (χ3n) is 2.91. The second-order valence-corrected chi connectivity index (χ2v) is 4.50. The quantitative estimate of drug-likeness (QED) is 0.831. The molecule has 0 N–H and O–H groups in total. The number of anilines is 1. The molecule has 5 nitrogen and oxygen atoms in total. The van der Waals surface area contributed by atoms with E-state index in [0.717, 1.165) is 19.4 Å². The number of aromatic nitrogens is 3. The highest BCUT2D eigenvalue weighted by Crippen LogP contribution is 2.23. The lowest BCUT2D eigenvalue weighted by molar-refractivity contribution is 0.310. The van der Waals surface area contributed by atoms with Crippen molar-refractivity contribution in [2.75, 3.05) is 18.1 Å². The highest BCUT2D eigenvalue weighted by molar-refractivity contribution is 6.28. The number of piperidine rings is 1. The highest BCUT2D eigenvalue weighted by Gasteiger charge is 2.22. The minimum atomic E-state index is 0.191. The molecule has 1 aliphatic heterocycles. The molecule has 0 bridgehead atoms. The Morgan fingerprint density at radius 2 is 2.18 bits per heavy atom. The maximum absolute atomic E-state index is 5.88. The molecule has 1 aromatic heterocycles. The lowest BCUT2D eigenvalue weighted by Crippen LogP contribution is -2.38.